The van der Waals surface area contributed by atoms with Crippen LogP contribution in [0.25, 0.3) is 5.69 Å². The van der Waals surface area contributed by atoms with Crippen LogP contribution in [-0.2, 0) is 11.8 Å². The number of hydrogen-bond donors (Lipinski definition) is 1. The highest BCUT2D eigenvalue weighted by Gasteiger charge is 2.22. The Bertz CT molecular complexity index is 902. The molecule has 1 N–H and O–H groups in total. The van der Waals surface area contributed by atoms with Crippen molar-refractivity contribution in [3.8, 4) is 5.69 Å². The predicted octanol–water partition coefficient (Wildman–Crippen LogP) is -0.541. The van der Waals surface area contributed by atoms with Gasteiger partial charge < -0.3 is 10.2 Å². The van der Waals surface area contributed by atoms with E-state index < -0.39 is 17.1 Å². The number of likely N-dealkylation sites (N-methyl/N-ethyl adjacent to an activating group) is 1. The fourth-order valence-electron chi connectivity index (χ4n) is 2.26. The molecule has 22 heavy (non-hydrogen) atoms. The van der Waals surface area contributed by atoms with Crippen molar-refractivity contribution in [3.05, 3.63) is 45.0 Å². The van der Waals surface area contributed by atoms with E-state index in [1.807, 2.05) is 0 Å². The van der Waals surface area contributed by atoms with Crippen LogP contribution in [-0.4, -0.2) is 33.8 Å². The van der Waals surface area contributed by atoms with Crippen LogP contribution in [0.5, 0.6) is 0 Å². The molecule has 1 amide bonds. The first-order valence-electron chi connectivity index (χ1n) is 6.39. The van der Waals surface area contributed by atoms with Crippen LogP contribution in [0.4, 0.5) is 15.8 Å². The van der Waals surface area contributed by atoms with E-state index in [2.05, 4.69) is 10.4 Å². The van der Waals surface area contributed by atoms with Crippen LogP contribution < -0.4 is 21.5 Å². The summed E-state index contributed by atoms with van der Waals surface area (Å²) in [5.41, 5.74) is -0.638. The molecule has 2 aromatic rings. The van der Waals surface area contributed by atoms with Gasteiger partial charge in [0.25, 0.3) is 5.56 Å². The van der Waals surface area contributed by atoms with Gasteiger partial charge in [-0.3, -0.25) is 14.2 Å². The second-order valence-corrected chi connectivity index (χ2v) is 4.96. The number of rotatable bonds is 1. The number of nitrogens with zero attached hydrogens (tertiary/aromatic N) is 4. The van der Waals surface area contributed by atoms with Crippen LogP contribution in [0, 0.1) is 5.82 Å². The Labute approximate surface area is 123 Å². The Morgan fingerprint density at radius 2 is 1.91 bits per heavy atom. The molecule has 1 aromatic heterocycles. The number of anilines is 2. The standard InChI is InChI=1S/C13H12FN5O3/c1-17-6-11(20)16-8-4-9(7(14)3-10(8)17)19-13(22)18(2)12(21)5-15-19/h3-5H,6H2,1-2H3,(H,16,20). The van der Waals surface area contributed by atoms with E-state index in [4.69, 9.17) is 0 Å². The smallest absolute Gasteiger partial charge is 0.352 e. The summed E-state index contributed by atoms with van der Waals surface area (Å²) in [6, 6.07) is 2.53. The molecule has 1 aromatic carbocycles. The fourth-order valence-corrected chi connectivity index (χ4v) is 2.26. The minimum atomic E-state index is -0.776. The fraction of sp³-hybridized carbons (Fsp3) is 0.231. The second kappa shape index (κ2) is 4.79. The Morgan fingerprint density at radius 3 is 2.64 bits per heavy atom. The minimum Gasteiger partial charge on any atom is -0.364 e. The monoisotopic (exact) mass is 305 g/mol. The number of carbonyl (C=O) groups is 1. The molecular formula is C13H12FN5O3. The highest BCUT2D eigenvalue weighted by atomic mass is 19.1. The Balaban J connectivity index is 2.24. The topological polar surface area (TPSA) is 89.2 Å². The van der Waals surface area contributed by atoms with E-state index in [1.54, 1.807) is 11.9 Å². The zero-order valence-corrected chi connectivity index (χ0v) is 11.8. The lowest BCUT2D eigenvalue weighted by Gasteiger charge is -2.27. The van der Waals surface area contributed by atoms with E-state index in [9.17, 15) is 18.8 Å². The molecule has 114 valence electrons. The molecule has 0 atom stereocenters. The van der Waals surface area contributed by atoms with E-state index in [-0.39, 0.29) is 18.1 Å². The van der Waals surface area contributed by atoms with E-state index >= 15 is 0 Å². The van der Waals surface area contributed by atoms with Gasteiger partial charge in [-0.1, -0.05) is 0 Å². The van der Waals surface area contributed by atoms with Crippen molar-refractivity contribution in [2.24, 2.45) is 7.05 Å². The lowest BCUT2D eigenvalue weighted by Crippen LogP contribution is -2.39. The van der Waals surface area contributed by atoms with Gasteiger partial charge in [0.05, 0.1) is 17.9 Å². The maximum Gasteiger partial charge on any atom is 0.352 e. The first-order chi connectivity index (χ1) is 10.4. The number of carbonyl (C=O) groups excluding carboxylic acids is 1. The molecule has 0 aliphatic carbocycles. The molecule has 3 rings (SSSR count). The third-order valence-corrected chi connectivity index (χ3v) is 3.44. The first kappa shape index (κ1) is 14.0. The van der Waals surface area contributed by atoms with E-state index in [0.29, 0.717) is 11.4 Å². The normalized spacial score (nSPS) is 13.8. The zero-order valence-electron chi connectivity index (χ0n) is 11.8. The molecule has 0 unspecified atom stereocenters. The number of aromatic nitrogens is 3. The summed E-state index contributed by atoms with van der Waals surface area (Å²) in [5.74, 6) is -0.927. The van der Waals surface area contributed by atoms with Crippen LogP contribution in [0.3, 0.4) is 0 Å². The summed E-state index contributed by atoms with van der Waals surface area (Å²) in [6.07, 6.45) is 0.922. The molecule has 9 heteroatoms. The van der Waals surface area contributed by atoms with Gasteiger partial charge >= 0.3 is 5.69 Å². The largest absolute Gasteiger partial charge is 0.364 e. The van der Waals surface area contributed by atoms with Gasteiger partial charge in [0, 0.05) is 20.2 Å². The average Bonchev–Trinajstić information content (AvgIpc) is 2.46. The molecule has 0 saturated heterocycles. The van der Waals surface area contributed by atoms with E-state index in [1.165, 1.54) is 19.2 Å². The quantitative estimate of drug-likeness (QED) is 0.764. The lowest BCUT2D eigenvalue weighted by molar-refractivity contribution is -0.115. The van der Waals surface area contributed by atoms with Crippen LogP contribution >= 0.6 is 0 Å². The van der Waals surface area contributed by atoms with Crippen molar-refractivity contribution in [3.63, 3.8) is 0 Å². The van der Waals surface area contributed by atoms with Gasteiger partial charge in [-0.2, -0.15) is 9.78 Å². The Kier molecular flexibility index (Phi) is 3.05. The number of hydrogen-bond acceptors (Lipinski definition) is 5. The van der Waals surface area contributed by atoms with Crippen molar-refractivity contribution in [2.75, 3.05) is 23.8 Å². The third-order valence-electron chi connectivity index (χ3n) is 3.44. The van der Waals surface area contributed by atoms with Crippen LogP contribution in [0.1, 0.15) is 0 Å². The van der Waals surface area contributed by atoms with Gasteiger partial charge in [0.1, 0.15) is 11.9 Å². The van der Waals surface area contributed by atoms with E-state index in [0.717, 1.165) is 15.4 Å². The SMILES string of the molecule is CN1CC(=O)Nc2cc(-n3ncc(=O)n(C)c3=O)c(F)cc21. The maximum atomic E-state index is 14.3. The zero-order chi connectivity index (χ0) is 16.0. The molecule has 0 bridgehead atoms. The van der Waals surface area contributed by atoms with Crippen LogP contribution in [0.15, 0.2) is 27.9 Å². The number of halogens is 1. The Hall–Kier alpha value is -2.97. The van der Waals surface area contributed by atoms with Crippen molar-refractivity contribution >= 4 is 17.3 Å². The third kappa shape index (κ3) is 2.07. The highest BCUT2D eigenvalue weighted by Crippen LogP contribution is 2.31. The molecule has 1 aliphatic heterocycles. The molecule has 0 spiro atoms. The summed E-state index contributed by atoms with van der Waals surface area (Å²) in [7, 11) is 2.93. The number of amides is 1. The van der Waals surface area contributed by atoms with Gasteiger partial charge in [0.2, 0.25) is 5.91 Å². The van der Waals surface area contributed by atoms with Crippen molar-refractivity contribution < 1.29 is 9.18 Å². The summed E-state index contributed by atoms with van der Waals surface area (Å²) >= 11 is 0. The molecule has 0 fully saturated rings. The summed E-state index contributed by atoms with van der Waals surface area (Å²) in [4.78, 5) is 36.5. The summed E-state index contributed by atoms with van der Waals surface area (Å²) in [5, 5.41) is 6.28. The Morgan fingerprint density at radius 1 is 1.18 bits per heavy atom. The van der Waals surface area contributed by atoms with Gasteiger partial charge in [-0.15, -0.1) is 0 Å². The minimum absolute atomic E-state index is 0.115. The van der Waals surface area contributed by atoms with Gasteiger partial charge in [0.15, 0.2) is 5.82 Å². The molecule has 8 nitrogen and oxygen atoms in total. The molecule has 0 radical (unpaired) electrons. The molecule has 1 aliphatic rings. The number of nitrogens with one attached hydrogen (secondary N) is 1. The summed E-state index contributed by atoms with van der Waals surface area (Å²) in [6.45, 7) is 0.115. The number of fused-ring (bicyclic) bond motifs is 1. The molecule has 2 heterocycles. The van der Waals surface area contributed by atoms with Crippen LogP contribution in [0.2, 0.25) is 0 Å². The maximum absolute atomic E-state index is 14.3. The first-order valence-corrected chi connectivity index (χ1v) is 6.39. The lowest BCUT2D eigenvalue weighted by atomic mass is 10.1. The predicted molar refractivity (Wildman–Crippen MR) is 76.9 cm³/mol. The molecular weight excluding hydrogens is 293 g/mol. The molecule has 0 saturated carbocycles. The second-order valence-electron chi connectivity index (χ2n) is 4.96. The van der Waals surface area contributed by atoms with Gasteiger partial charge in [-0.25, -0.2) is 9.18 Å². The number of benzene rings is 1. The van der Waals surface area contributed by atoms with Crippen molar-refractivity contribution in [1.82, 2.24) is 14.3 Å². The van der Waals surface area contributed by atoms with Crippen molar-refractivity contribution in [1.29, 1.82) is 0 Å². The van der Waals surface area contributed by atoms with Crippen molar-refractivity contribution in [2.45, 2.75) is 0 Å². The highest BCUT2D eigenvalue weighted by molar-refractivity contribution is 6.01. The van der Waals surface area contributed by atoms with Gasteiger partial charge in [-0.05, 0) is 6.07 Å². The summed E-state index contributed by atoms with van der Waals surface area (Å²) < 4.78 is 15.9. The average molecular weight is 305 g/mol.